The second kappa shape index (κ2) is 9.74. The number of nitrogens with zero attached hydrogens (tertiary/aromatic N) is 5. The molecule has 1 amide bonds. The third-order valence-electron chi connectivity index (χ3n) is 6.50. The molecule has 1 aromatic carbocycles. The number of carbonyl (C=O) groups excluding carboxylic acids is 1. The Hall–Kier alpha value is -3.31. The van der Waals surface area contributed by atoms with E-state index in [1.807, 2.05) is 12.1 Å². The monoisotopic (exact) mass is 496 g/mol. The Morgan fingerprint density at radius 1 is 1.31 bits per heavy atom. The van der Waals surface area contributed by atoms with Crippen molar-refractivity contribution >= 4 is 40.7 Å². The molecule has 2 aliphatic rings. The molecule has 10 nitrogen and oxygen atoms in total. The third kappa shape index (κ3) is 4.65. The van der Waals surface area contributed by atoms with Gasteiger partial charge in [-0.15, -0.1) is 0 Å². The van der Waals surface area contributed by atoms with Crippen molar-refractivity contribution in [1.29, 1.82) is 0 Å². The van der Waals surface area contributed by atoms with Crippen molar-refractivity contribution in [3.63, 3.8) is 0 Å². The Kier molecular flexibility index (Phi) is 6.52. The molecule has 0 aliphatic carbocycles. The molecule has 2 aromatic heterocycles. The number of carbonyl (C=O) groups is 1. The largest absolute Gasteiger partial charge is 0.454 e. The molecule has 1 fully saturated rings. The van der Waals surface area contributed by atoms with E-state index in [9.17, 15) is 9.90 Å². The van der Waals surface area contributed by atoms with E-state index in [0.29, 0.717) is 54.0 Å². The van der Waals surface area contributed by atoms with Crippen LogP contribution in [-0.2, 0) is 11.3 Å². The first-order valence-corrected chi connectivity index (χ1v) is 12.4. The van der Waals surface area contributed by atoms with Crippen molar-refractivity contribution in [3.8, 4) is 11.5 Å². The van der Waals surface area contributed by atoms with Gasteiger partial charge in [0, 0.05) is 24.5 Å². The average molecular weight is 497 g/mol. The van der Waals surface area contributed by atoms with Crippen LogP contribution in [0.2, 0.25) is 0 Å². The molecule has 1 atom stereocenters. The fraction of sp³-hybridized carbons (Fsp3) is 0.417. The van der Waals surface area contributed by atoms with Crippen molar-refractivity contribution in [2.24, 2.45) is 5.92 Å². The Labute approximate surface area is 207 Å². The summed E-state index contributed by atoms with van der Waals surface area (Å²) in [6.07, 6.45) is 4.99. The highest BCUT2D eigenvalue weighted by Crippen LogP contribution is 2.41. The number of hydrogen-bond acceptors (Lipinski definition) is 9. The van der Waals surface area contributed by atoms with Gasteiger partial charge in [0.15, 0.2) is 33.6 Å². The Morgan fingerprint density at radius 3 is 2.77 bits per heavy atom. The number of ether oxygens (including phenoxy) is 2. The number of aromatic nitrogens is 4. The van der Waals surface area contributed by atoms with E-state index in [4.69, 9.17) is 20.2 Å². The fourth-order valence-corrected chi connectivity index (χ4v) is 5.56. The molecule has 184 valence electrons. The lowest BCUT2D eigenvalue weighted by atomic mass is 9.93. The van der Waals surface area contributed by atoms with Crippen LogP contribution in [0.1, 0.15) is 31.7 Å². The van der Waals surface area contributed by atoms with Gasteiger partial charge in [0.05, 0.1) is 0 Å². The Bertz CT molecular complexity index is 1270. The predicted octanol–water partition coefficient (Wildman–Crippen LogP) is 2.94. The molecule has 0 unspecified atom stereocenters. The number of anilines is 1. The standard InChI is InChI=1S/C24H28N6O4S/c1-3-16-10-17-18(34-13-33-17)11-19(16)35-24-28-20-21(25)26-12-27-22(20)30(24)9-6-15-4-7-29(8-5-15)23(32)14(2)31/h3,10-12,14-15,31H,1,4-9,13H2,2H3,(H2,25,26,27)/t14-/m0/s1. The summed E-state index contributed by atoms with van der Waals surface area (Å²) in [5.74, 6) is 2.00. The van der Waals surface area contributed by atoms with Crippen LogP contribution in [-0.4, -0.2) is 61.4 Å². The maximum Gasteiger partial charge on any atom is 0.251 e. The van der Waals surface area contributed by atoms with Crippen molar-refractivity contribution in [2.45, 2.75) is 48.9 Å². The molecule has 2 aliphatic heterocycles. The van der Waals surface area contributed by atoms with E-state index in [2.05, 4.69) is 21.1 Å². The number of benzene rings is 1. The number of aliphatic hydroxyl groups excluding tert-OH is 1. The fourth-order valence-electron chi connectivity index (χ4n) is 4.52. The first-order valence-electron chi connectivity index (χ1n) is 11.6. The number of imidazole rings is 1. The van der Waals surface area contributed by atoms with E-state index in [0.717, 1.165) is 34.9 Å². The van der Waals surface area contributed by atoms with Crippen molar-refractivity contribution in [3.05, 3.63) is 30.6 Å². The zero-order valence-corrected chi connectivity index (χ0v) is 20.3. The molecule has 0 bridgehead atoms. The summed E-state index contributed by atoms with van der Waals surface area (Å²) in [7, 11) is 0. The van der Waals surface area contributed by atoms with Crippen LogP contribution in [0.25, 0.3) is 17.2 Å². The molecule has 3 aromatic rings. The zero-order valence-electron chi connectivity index (χ0n) is 19.5. The highest BCUT2D eigenvalue weighted by Gasteiger charge is 2.26. The van der Waals surface area contributed by atoms with Gasteiger partial charge in [-0.2, -0.15) is 0 Å². The topological polar surface area (TPSA) is 129 Å². The van der Waals surface area contributed by atoms with Gasteiger partial charge < -0.3 is 29.8 Å². The maximum absolute atomic E-state index is 12.1. The summed E-state index contributed by atoms with van der Waals surface area (Å²) in [5.41, 5.74) is 8.32. The molecule has 11 heteroatoms. The van der Waals surface area contributed by atoms with Gasteiger partial charge in [0.1, 0.15) is 12.4 Å². The van der Waals surface area contributed by atoms with Gasteiger partial charge in [0.2, 0.25) is 6.79 Å². The number of nitrogen functional groups attached to an aromatic ring is 1. The van der Waals surface area contributed by atoms with Gasteiger partial charge in [0.25, 0.3) is 5.91 Å². The molecule has 4 heterocycles. The SMILES string of the molecule is C=Cc1cc2c(cc1Sc1nc3c(N)ncnc3n1CCC1CCN(C(=O)[C@H](C)O)CC1)OCO2. The lowest BCUT2D eigenvalue weighted by Crippen LogP contribution is -2.43. The minimum Gasteiger partial charge on any atom is -0.454 e. The van der Waals surface area contributed by atoms with Gasteiger partial charge >= 0.3 is 0 Å². The second-order valence-corrected chi connectivity index (χ2v) is 9.77. The summed E-state index contributed by atoms with van der Waals surface area (Å²) in [6, 6.07) is 3.86. The van der Waals surface area contributed by atoms with Crippen LogP contribution in [0.3, 0.4) is 0 Å². The molecular formula is C24H28N6O4S. The van der Waals surface area contributed by atoms with Crippen LogP contribution >= 0.6 is 11.8 Å². The number of aliphatic hydroxyl groups is 1. The second-order valence-electron chi connectivity index (χ2n) is 8.76. The summed E-state index contributed by atoms with van der Waals surface area (Å²) in [6.45, 7) is 7.69. The number of piperidine rings is 1. The molecule has 0 saturated carbocycles. The highest BCUT2D eigenvalue weighted by atomic mass is 32.2. The maximum atomic E-state index is 12.1. The lowest BCUT2D eigenvalue weighted by molar-refractivity contribution is -0.140. The van der Waals surface area contributed by atoms with Crippen LogP contribution in [0.4, 0.5) is 5.82 Å². The van der Waals surface area contributed by atoms with Gasteiger partial charge in [-0.05, 0) is 49.8 Å². The Morgan fingerprint density at radius 2 is 2.06 bits per heavy atom. The minimum atomic E-state index is -0.953. The number of rotatable bonds is 7. The summed E-state index contributed by atoms with van der Waals surface area (Å²) in [4.78, 5) is 28.1. The van der Waals surface area contributed by atoms with E-state index in [-0.39, 0.29) is 12.7 Å². The molecular weight excluding hydrogens is 468 g/mol. The van der Waals surface area contributed by atoms with Crippen LogP contribution in [0, 0.1) is 5.92 Å². The lowest BCUT2D eigenvalue weighted by Gasteiger charge is -2.32. The normalized spacial score (nSPS) is 16.6. The average Bonchev–Trinajstić information content (AvgIpc) is 3.46. The molecule has 1 saturated heterocycles. The van der Waals surface area contributed by atoms with E-state index < -0.39 is 6.10 Å². The Balaban J connectivity index is 1.38. The third-order valence-corrected chi connectivity index (χ3v) is 7.56. The zero-order chi connectivity index (χ0) is 24.5. The molecule has 3 N–H and O–H groups in total. The first kappa shape index (κ1) is 23.4. The van der Waals surface area contributed by atoms with Crippen molar-refractivity contribution in [2.75, 3.05) is 25.6 Å². The predicted molar refractivity (Wildman–Crippen MR) is 132 cm³/mol. The van der Waals surface area contributed by atoms with Crippen molar-refractivity contribution < 1.29 is 19.4 Å². The van der Waals surface area contributed by atoms with Crippen LogP contribution in [0.5, 0.6) is 11.5 Å². The molecule has 0 radical (unpaired) electrons. The van der Waals surface area contributed by atoms with Crippen LogP contribution < -0.4 is 15.2 Å². The number of amides is 1. The summed E-state index contributed by atoms with van der Waals surface area (Å²) >= 11 is 1.50. The summed E-state index contributed by atoms with van der Waals surface area (Å²) < 4.78 is 13.2. The molecule has 0 spiro atoms. The quantitative estimate of drug-likeness (QED) is 0.507. The highest BCUT2D eigenvalue weighted by molar-refractivity contribution is 7.99. The van der Waals surface area contributed by atoms with Gasteiger partial charge in [-0.25, -0.2) is 15.0 Å². The smallest absolute Gasteiger partial charge is 0.251 e. The minimum absolute atomic E-state index is 0.198. The number of likely N-dealkylation sites (tertiary alicyclic amines) is 1. The van der Waals surface area contributed by atoms with E-state index in [1.54, 1.807) is 11.0 Å². The number of aryl methyl sites for hydroxylation is 1. The van der Waals surface area contributed by atoms with E-state index >= 15 is 0 Å². The van der Waals surface area contributed by atoms with Gasteiger partial charge in [-0.1, -0.05) is 24.4 Å². The van der Waals surface area contributed by atoms with E-state index in [1.165, 1.54) is 25.0 Å². The van der Waals surface area contributed by atoms with Crippen molar-refractivity contribution in [1.82, 2.24) is 24.4 Å². The van der Waals surface area contributed by atoms with Crippen LogP contribution in [0.15, 0.2) is 35.1 Å². The van der Waals surface area contributed by atoms with Gasteiger partial charge in [-0.3, -0.25) is 4.79 Å². The number of hydrogen-bond donors (Lipinski definition) is 2. The number of nitrogens with two attached hydrogens (primary N) is 1. The first-order chi connectivity index (χ1) is 16.9. The molecule has 5 rings (SSSR count). The molecule has 35 heavy (non-hydrogen) atoms. The summed E-state index contributed by atoms with van der Waals surface area (Å²) in [5, 5.41) is 10.3. The number of fused-ring (bicyclic) bond motifs is 2.